The van der Waals surface area contributed by atoms with Crippen LogP contribution in [0.1, 0.15) is 33.3 Å². The zero-order valence-electron chi connectivity index (χ0n) is 16.1. The summed E-state index contributed by atoms with van der Waals surface area (Å²) in [7, 11) is -3.18. The van der Waals surface area contributed by atoms with E-state index in [1.807, 2.05) is 52.0 Å². The molecule has 0 fully saturated rings. The van der Waals surface area contributed by atoms with Gasteiger partial charge < -0.3 is 15.4 Å². The van der Waals surface area contributed by atoms with Crippen molar-refractivity contribution in [2.24, 2.45) is 4.99 Å². The van der Waals surface area contributed by atoms with E-state index in [2.05, 4.69) is 20.3 Å². The van der Waals surface area contributed by atoms with Crippen LogP contribution in [-0.2, 0) is 16.6 Å². The largest absolute Gasteiger partial charge is 0.488 e. The van der Waals surface area contributed by atoms with Crippen LogP contribution in [0, 0.1) is 0 Å². The molecule has 150 valence electrons. The zero-order valence-corrected chi connectivity index (χ0v) is 19.3. The number of aliphatic imine (C=N–C) groups is 1. The fourth-order valence-electron chi connectivity index (χ4n) is 1.99. The maximum absolute atomic E-state index is 11.1. The number of sulfonamides is 1. The standard InChI is InChI=1S/C17H30N4O3S.HI/c1-6-18-16(19-11-12-21-25(5,22)23)20-13-14-9-7-8-10-15(14)24-17(2,3)4;/h7-10,21H,6,11-13H2,1-5H3,(H2,18,19,20);1H. The predicted molar refractivity (Wildman–Crippen MR) is 118 cm³/mol. The lowest BCUT2D eigenvalue weighted by Crippen LogP contribution is -2.41. The van der Waals surface area contributed by atoms with Crippen LogP contribution in [0.2, 0.25) is 0 Å². The highest BCUT2D eigenvalue weighted by molar-refractivity contribution is 14.0. The van der Waals surface area contributed by atoms with E-state index in [4.69, 9.17) is 4.74 Å². The maximum atomic E-state index is 11.1. The number of rotatable bonds is 8. The molecule has 0 aliphatic heterocycles. The van der Waals surface area contributed by atoms with Crippen LogP contribution in [0.4, 0.5) is 0 Å². The molecule has 0 atom stereocenters. The smallest absolute Gasteiger partial charge is 0.208 e. The number of nitrogens with one attached hydrogen (secondary N) is 3. The average Bonchev–Trinajstić information content (AvgIpc) is 2.47. The van der Waals surface area contributed by atoms with Crippen LogP contribution in [0.25, 0.3) is 0 Å². The quantitative estimate of drug-likeness (QED) is 0.221. The molecule has 0 heterocycles. The average molecular weight is 498 g/mol. The van der Waals surface area contributed by atoms with Crippen molar-refractivity contribution in [3.05, 3.63) is 29.8 Å². The Labute approximate surface area is 174 Å². The highest BCUT2D eigenvalue weighted by Crippen LogP contribution is 2.23. The van der Waals surface area contributed by atoms with Gasteiger partial charge in [-0.1, -0.05) is 18.2 Å². The second-order valence-electron chi connectivity index (χ2n) is 6.61. The highest BCUT2D eigenvalue weighted by atomic mass is 127. The van der Waals surface area contributed by atoms with Crippen LogP contribution < -0.4 is 20.1 Å². The third-order valence-electron chi connectivity index (χ3n) is 2.92. The van der Waals surface area contributed by atoms with Gasteiger partial charge in [0.15, 0.2) is 5.96 Å². The molecule has 0 aromatic heterocycles. The third-order valence-corrected chi connectivity index (χ3v) is 3.65. The predicted octanol–water partition coefficient (Wildman–Crippen LogP) is 2.09. The zero-order chi connectivity index (χ0) is 18.9. The number of nitrogens with zero attached hydrogens (tertiary/aromatic N) is 1. The van der Waals surface area contributed by atoms with Crippen molar-refractivity contribution in [2.75, 3.05) is 25.9 Å². The van der Waals surface area contributed by atoms with Crippen LogP contribution >= 0.6 is 24.0 Å². The van der Waals surface area contributed by atoms with E-state index in [0.717, 1.165) is 17.6 Å². The molecule has 1 aromatic rings. The Morgan fingerprint density at radius 2 is 1.81 bits per heavy atom. The van der Waals surface area contributed by atoms with Crippen LogP contribution in [0.5, 0.6) is 5.75 Å². The first kappa shape index (κ1) is 24.9. The van der Waals surface area contributed by atoms with Crippen molar-refractivity contribution in [2.45, 2.75) is 39.8 Å². The third kappa shape index (κ3) is 11.5. The van der Waals surface area contributed by atoms with E-state index in [1.54, 1.807) is 0 Å². The molecule has 3 N–H and O–H groups in total. The van der Waals surface area contributed by atoms with Crippen LogP contribution in [-0.4, -0.2) is 45.9 Å². The van der Waals surface area contributed by atoms with Crippen LogP contribution in [0.3, 0.4) is 0 Å². The maximum Gasteiger partial charge on any atom is 0.208 e. The first-order valence-electron chi connectivity index (χ1n) is 8.34. The number of hydrogen-bond donors (Lipinski definition) is 3. The van der Waals surface area contributed by atoms with E-state index >= 15 is 0 Å². The van der Waals surface area contributed by atoms with Gasteiger partial charge in [0.1, 0.15) is 11.4 Å². The van der Waals surface area contributed by atoms with E-state index in [0.29, 0.717) is 32.1 Å². The number of guanidine groups is 1. The minimum absolute atomic E-state index is 0. The molecule has 0 saturated carbocycles. The molecule has 0 spiro atoms. The molecule has 1 aromatic carbocycles. The summed E-state index contributed by atoms with van der Waals surface area (Å²) in [6.07, 6.45) is 1.14. The first-order valence-corrected chi connectivity index (χ1v) is 10.2. The molecule has 0 aliphatic carbocycles. The lowest BCUT2D eigenvalue weighted by Gasteiger charge is -2.23. The lowest BCUT2D eigenvalue weighted by atomic mass is 10.1. The van der Waals surface area contributed by atoms with Gasteiger partial charge >= 0.3 is 0 Å². The molecule has 9 heteroatoms. The molecule has 0 bridgehead atoms. The van der Waals surface area contributed by atoms with E-state index < -0.39 is 10.0 Å². The fraction of sp³-hybridized carbons (Fsp3) is 0.588. The second-order valence-corrected chi connectivity index (χ2v) is 8.44. The molecular formula is C17H31IN4O3S. The summed E-state index contributed by atoms with van der Waals surface area (Å²) in [5, 5.41) is 6.24. The highest BCUT2D eigenvalue weighted by Gasteiger charge is 2.14. The van der Waals surface area contributed by atoms with E-state index in [1.165, 1.54) is 0 Å². The van der Waals surface area contributed by atoms with Gasteiger partial charge in [-0.3, -0.25) is 0 Å². The lowest BCUT2D eigenvalue weighted by molar-refractivity contribution is 0.129. The summed E-state index contributed by atoms with van der Waals surface area (Å²) in [6.45, 7) is 9.91. The van der Waals surface area contributed by atoms with Crippen molar-refractivity contribution >= 4 is 40.0 Å². The molecule has 0 amide bonds. The summed E-state index contributed by atoms with van der Waals surface area (Å²) in [5.41, 5.74) is 0.712. The first-order chi connectivity index (χ1) is 11.6. The Morgan fingerprint density at radius 1 is 1.15 bits per heavy atom. The number of halogens is 1. The number of para-hydroxylation sites is 1. The van der Waals surface area contributed by atoms with Crippen molar-refractivity contribution in [1.29, 1.82) is 0 Å². The van der Waals surface area contributed by atoms with E-state index in [9.17, 15) is 8.42 Å². The summed E-state index contributed by atoms with van der Waals surface area (Å²) in [6, 6.07) is 7.82. The van der Waals surface area contributed by atoms with Gasteiger partial charge in [0, 0.05) is 25.2 Å². The summed E-state index contributed by atoms with van der Waals surface area (Å²) in [5.74, 6) is 1.44. The molecule has 0 saturated heterocycles. The minimum Gasteiger partial charge on any atom is -0.488 e. The summed E-state index contributed by atoms with van der Waals surface area (Å²) in [4.78, 5) is 4.55. The van der Waals surface area contributed by atoms with E-state index in [-0.39, 0.29) is 29.6 Å². The van der Waals surface area contributed by atoms with Gasteiger partial charge in [-0.25, -0.2) is 18.1 Å². The fourth-order valence-corrected chi connectivity index (χ4v) is 2.46. The van der Waals surface area contributed by atoms with Crippen molar-refractivity contribution in [3.8, 4) is 5.75 Å². The molecule has 26 heavy (non-hydrogen) atoms. The molecule has 0 radical (unpaired) electrons. The number of hydrogen-bond acceptors (Lipinski definition) is 4. The Balaban J connectivity index is 0.00000625. The number of benzene rings is 1. The van der Waals surface area contributed by atoms with Gasteiger partial charge in [-0.15, -0.1) is 24.0 Å². The topological polar surface area (TPSA) is 91.8 Å². The Kier molecular flexibility index (Phi) is 11.1. The molecular weight excluding hydrogens is 467 g/mol. The Bertz CT molecular complexity index is 673. The normalized spacial score (nSPS) is 12.3. The summed E-state index contributed by atoms with van der Waals surface area (Å²) >= 11 is 0. The SMILES string of the molecule is CCNC(=NCc1ccccc1OC(C)(C)C)NCCNS(C)(=O)=O.I. The van der Waals surface area contributed by atoms with Crippen molar-refractivity contribution in [3.63, 3.8) is 0 Å². The Morgan fingerprint density at radius 3 is 2.38 bits per heavy atom. The molecule has 1 rings (SSSR count). The van der Waals surface area contributed by atoms with Gasteiger partial charge in [-0.2, -0.15) is 0 Å². The van der Waals surface area contributed by atoms with Gasteiger partial charge in [0.25, 0.3) is 0 Å². The van der Waals surface area contributed by atoms with Gasteiger partial charge in [0.05, 0.1) is 12.8 Å². The molecule has 0 unspecified atom stereocenters. The number of ether oxygens (including phenoxy) is 1. The molecule has 7 nitrogen and oxygen atoms in total. The Hall–Kier alpha value is -1.07. The van der Waals surface area contributed by atoms with Gasteiger partial charge in [0.2, 0.25) is 10.0 Å². The summed E-state index contributed by atoms with van der Waals surface area (Å²) < 4.78 is 30.5. The second kappa shape index (κ2) is 11.6. The van der Waals surface area contributed by atoms with Crippen LogP contribution in [0.15, 0.2) is 29.3 Å². The molecule has 0 aliphatic rings. The van der Waals surface area contributed by atoms with Crippen molar-refractivity contribution in [1.82, 2.24) is 15.4 Å². The van der Waals surface area contributed by atoms with Gasteiger partial charge in [-0.05, 0) is 33.8 Å². The minimum atomic E-state index is -3.18. The monoisotopic (exact) mass is 498 g/mol. The van der Waals surface area contributed by atoms with Crippen molar-refractivity contribution < 1.29 is 13.2 Å².